The number of halogens is 6. The van der Waals surface area contributed by atoms with Gasteiger partial charge in [0, 0.05) is 41.5 Å². The number of aromatic nitrogens is 3. The van der Waals surface area contributed by atoms with E-state index >= 15 is 0 Å². The SMILES string of the molecule is [2H]C([2H])(c1c[c-]c(-c2ccccn2)cc1)C(C)(C)C(F)(F)F.[2H]C1(c2ccc(-c3cc(C(C)C)c(-n4c(-c5[c-]ccc6c5oc5cc(-c7ccc(C(F)(F)F)cc7)ccc56)nc5ccccc54)c(C(C)C)c3)cc2)CCC(C)(C)CC1.[Ir]. The maximum atomic E-state index is 13.3. The zero-order chi connectivity index (χ0) is 58.0. The van der Waals surface area contributed by atoms with E-state index in [1.807, 2.05) is 48.5 Å². The zero-order valence-electron chi connectivity index (χ0n) is 48.3. The van der Waals surface area contributed by atoms with E-state index in [0.717, 1.165) is 113 Å². The number of nitrogens with zero attached hydrogens (tertiary/aromatic N) is 3. The molecule has 1 aliphatic rings. The molecule has 4 nitrogen and oxygen atoms in total. The summed E-state index contributed by atoms with van der Waals surface area (Å²) in [7, 11) is 0. The Morgan fingerprint density at radius 3 is 1.96 bits per heavy atom. The van der Waals surface area contributed by atoms with Crippen LogP contribution in [0.1, 0.15) is 131 Å². The van der Waals surface area contributed by atoms with E-state index in [1.165, 1.54) is 41.5 Å². The van der Waals surface area contributed by atoms with Crippen LogP contribution in [0.5, 0.6) is 0 Å². The number of hydrogen-bond donors (Lipinski definition) is 0. The molecule has 7 aromatic carbocycles. The molecule has 409 valence electrons. The summed E-state index contributed by atoms with van der Waals surface area (Å²) in [5, 5.41) is 1.81. The van der Waals surface area contributed by atoms with Gasteiger partial charge in [0.25, 0.3) is 0 Å². The standard InChI is InChI=1S/C52H48F3N2O.C16H15F3N.Ir/c1-31(2)43-28-38(35-16-14-33(15-17-35)36-24-26-51(5,6)27-25-36)29-44(32(3)4)48(43)57-46-13-8-7-12-45(46)56-50(57)42-11-9-10-41-40-23-20-37(30-47(40)58-49(41)42)34-18-21-39(22-19-34)52(53,54)55;1-15(2,16(17,18)19)11-12-6-8-13(9-7-12)14-5-3-4-10-20-14;/h7-10,12-23,28-32,36H,24-27H2,1-6H3;3-8,10H,11H2,1-2H3;/q2*-1;/i36D;11D2;. The van der Waals surface area contributed by atoms with Crippen LogP contribution in [-0.2, 0) is 32.7 Å². The average Bonchev–Trinajstić information content (AvgIpc) is 4.04. The topological polar surface area (TPSA) is 43.9 Å². The predicted octanol–water partition coefficient (Wildman–Crippen LogP) is 20.4. The van der Waals surface area contributed by atoms with E-state index in [2.05, 4.69) is 106 Å². The van der Waals surface area contributed by atoms with E-state index in [0.29, 0.717) is 33.4 Å². The molecule has 0 atom stereocenters. The molecule has 3 aromatic heterocycles. The number of alkyl halides is 6. The molecule has 1 saturated carbocycles. The van der Waals surface area contributed by atoms with Crippen molar-refractivity contribution in [3.05, 3.63) is 198 Å². The van der Waals surface area contributed by atoms with Gasteiger partial charge in [-0.05, 0) is 148 Å². The number of rotatable bonds is 10. The van der Waals surface area contributed by atoms with Crippen LogP contribution in [0.3, 0.4) is 0 Å². The molecule has 0 unspecified atom stereocenters. The van der Waals surface area contributed by atoms with Crippen LogP contribution in [0, 0.1) is 23.0 Å². The maximum Gasteiger partial charge on any atom is 0.416 e. The van der Waals surface area contributed by atoms with Crippen molar-refractivity contribution in [3.8, 4) is 50.6 Å². The molecule has 11 heteroatoms. The minimum absolute atomic E-state index is 0. The van der Waals surface area contributed by atoms with Gasteiger partial charge >= 0.3 is 12.4 Å². The van der Waals surface area contributed by atoms with E-state index < -0.39 is 35.6 Å². The van der Waals surface area contributed by atoms with Gasteiger partial charge in [0.15, 0.2) is 0 Å². The quantitative estimate of drug-likeness (QED) is 0.101. The Morgan fingerprint density at radius 2 is 1.35 bits per heavy atom. The van der Waals surface area contributed by atoms with Gasteiger partial charge in [-0.25, -0.2) is 0 Å². The molecular weight excluding hydrogens is 1180 g/mol. The molecule has 0 bridgehead atoms. The van der Waals surface area contributed by atoms with Crippen LogP contribution in [0.4, 0.5) is 26.3 Å². The summed E-state index contributed by atoms with van der Waals surface area (Å²) in [6.45, 7) is 15.3. The minimum Gasteiger partial charge on any atom is -0.501 e. The van der Waals surface area contributed by atoms with Gasteiger partial charge < -0.3 is 14.0 Å². The second-order valence-corrected chi connectivity index (χ2v) is 22.4. The summed E-state index contributed by atoms with van der Waals surface area (Å²) < 4.78 is 113. The maximum absolute atomic E-state index is 13.3. The van der Waals surface area contributed by atoms with E-state index in [9.17, 15) is 27.7 Å². The molecule has 0 amide bonds. The summed E-state index contributed by atoms with van der Waals surface area (Å²) in [4.78, 5) is 9.41. The van der Waals surface area contributed by atoms with Crippen LogP contribution in [0.15, 0.2) is 162 Å². The summed E-state index contributed by atoms with van der Waals surface area (Å²) in [6.07, 6.45) is -6.13. The number of imidazole rings is 1. The first-order valence-corrected chi connectivity index (χ1v) is 26.5. The Labute approximate surface area is 476 Å². The molecule has 11 rings (SSSR count). The molecule has 3 heterocycles. The van der Waals surface area contributed by atoms with E-state index in [-0.39, 0.29) is 37.5 Å². The molecule has 10 aromatic rings. The molecule has 0 aliphatic heterocycles. The molecule has 0 N–H and O–H groups in total. The Bertz CT molecular complexity index is 3860. The second kappa shape index (κ2) is 22.4. The van der Waals surface area contributed by atoms with Crippen molar-refractivity contribution in [3.63, 3.8) is 0 Å². The smallest absolute Gasteiger partial charge is 0.416 e. The molecule has 0 saturated heterocycles. The average molecular weight is 1250 g/mol. The zero-order valence-corrected chi connectivity index (χ0v) is 47.7. The first-order chi connectivity index (χ1) is 38.2. The summed E-state index contributed by atoms with van der Waals surface area (Å²) in [6, 6.07) is 52.3. The van der Waals surface area contributed by atoms with Gasteiger partial charge in [-0.15, -0.1) is 53.6 Å². The third kappa shape index (κ3) is 11.9. The van der Waals surface area contributed by atoms with Gasteiger partial charge in [-0.3, -0.25) is 4.98 Å². The monoisotopic (exact) mass is 1250 g/mol. The number of benzene rings is 7. The number of fused-ring (bicyclic) bond motifs is 4. The van der Waals surface area contributed by atoms with Crippen LogP contribution in [-0.4, -0.2) is 20.7 Å². The summed E-state index contributed by atoms with van der Waals surface area (Å²) >= 11 is 0. The first-order valence-electron chi connectivity index (χ1n) is 28.0. The fraction of sp³-hybridized carbons (Fsp3) is 0.294. The normalized spacial score (nSPS) is 15.4. The molecule has 79 heavy (non-hydrogen) atoms. The van der Waals surface area contributed by atoms with Crippen LogP contribution >= 0.6 is 0 Å². The van der Waals surface area contributed by atoms with Crippen molar-refractivity contribution in [2.75, 3.05) is 0 Å². The third-order valence-corrected chi connectivity index (χ3v) is 15.2. The first kappa shape index (κ1) is 52.9. The van der Waals surface area contributed by atoms with Gasteiger partial charge in [0.05, 0.1) is 33.4 Å². The predicted molar refractivity (Wildman–Crippen MR) is 304 cm³/mol. The number of furan rings is 1. The van der Waals surface area contributed by atoms with E-state index in [1.54, 1.807) is 24.4 Å². The van der Waals surface area contributed by atoms with Gasteiger partial charge in [-0.1, -0.05) is 139 Å². The summed E-state index contributed by atoms with van der Waals surface area (Å²) in [5.74, 6) is 0.521. The van der Waals surface area contributed by atoms with Crippen LogP contribution < -0.4 is 0 Å². The van der Waals surface area contributed by atoms with Gasteiger partial charge in [0.1, 0.15) is 5.58 Å². The van der Waals surface area contributed by atoms with E-state index in [4.69, 9.17) is 12.1 Å². The van der Waals surface area contributed by atoms with Crippen molar-refractivity contribution in [2.45, 2.75) is 118 Å². The second-order valence-electron chi connectivity index (χ2n) is 22.4. The Morgan fingerprint density at radius 1 is 0.722 bits per heavy atom. The Hall–Kier alpha value is -6.81. The fourth-order valence-corrected chi connectivity index (χ4v) is 10.4. The van der Waals surface area contributed by atoms with Gasteiger partial charge in [-0.2, -0.15) is 26.3 Å². The van der Waals surface area contributed by atoms with Crippen LogP contribution in [0.25, 0.3) is 83.6 Å². The third-order valence-electron chi connectivity index (χ3n) is 15.2. The van der Waals surface area contributed by atoms with Crippen molar-refractivity contribution < 1.29 is 55.0 Å². The largest absolute Gasteiger partial charge is 0.501 e. The minimum atomic E-state index is -4.66. The molecule has 0 spiro atoms. The van der Waals surface area contributed by atoms with Crippen molar-refractivity contribution >= 4 is 33.0 Å². The van der Waals surface area contributed by atoms with Crippen LogP contribution in [0.2, 0.25) is 0 Å². The summed E-state index contributed by atoms with van der Waals surface area (Å²) in [5.41, 5.74) is 10.4. The molecule has 1 fully saturated rings. The van der Waals surface area contributed by atoms with Gasteiger partial charge in [0.2, 0.25) is 0 Å². The molecule has 1 aliphatic carbocycles. The Balaban J connectivity index is 0.000000297. The number of pyridine rings is 1. The Kier molecular flexibility index (Phi) is 15.0. The molecular formula is C68H63F6IrN3O-2. The van der Waals surface area contributed by atoms with Crippen molar-refractivity contribution in [1.29, 1.82) is 0 Å². The fourth-order valence-electron chi connectivity index (χ4n) is 10.4. The number of hydrogen-bond acceptors (Lipinski definition) is 3. The van der Waals surface area contributed by atoms with Crippen molar-refractivity contribution in [2.24, 2.45) is 10.8 Å². The number of para-hydroxylation sites is 2. The molecule has 1 radical (unpaired) electrons. The van der Waals surface area contributed by atoms with Crippen molar-refractivity contribution in [1.82, 2.24) is 14.5 Å².